The summed E-state index contributed by atoms with van der Waals surface area (Å²) < 4.78 is 17.6. The quantitative estimate of drug-likeness (QED) is 0.403. The summed E-state index contributed by atoms with van der Waals surface area (Å²) in [7, 11) is 3.20. The topological polar surface area (TPSA) is 68.2 Å². The molecule has 6 nitrogen and oxygen atoms in total. The number of halogens is 1. The van der Waals surface area contributed by atoms with Gasteiger partial charge in [0.05, 0.1) is 26.2 Å². The number of aliphatic carboxylic acids is 1. The number of carbonyl (C=O) groups is 1. The van der Waals surface area contributed by atoms with E-state index in [9.17, 15) is 9.90 Å². The van der Waals surface area contributed by atoms with Crippen LogP contribution in [-0.2, 0) is 11.4 Å². The van der Waals surface area contributed by atoms with Gasteiger partial charge in [-0.3, -0.25) is 9.69 Å². The van der Waals surface area contributed by atoms with Crippen LogP contribution in [-0.4, -0.2) is 43.3 Å². The molecule has 1 aliphatic heterocycles. The Bertz CT molecular complexity index is 1130. The molecule has 1 saturated heterocycles. The Morgan fingerprint density at radius 2 is 1.74 bits per heavy atom. The van der Waals surface area contributed by atoms with Crippen LogP contribution in [0.25, 0.3) is 0 Å². The number of methoxy groups -OCH3 is 2. The summed E-state index contributed by atoms with van der Waals surface area (Å²) in [5.41, 5.74) is 2.93. The van der Waals surface area contributed by atoms with Gasteiger partial charge in [0.2, 0.25) is 5.75 Å². The lowest BCUT2D eigenvalue weighted by molar-refractivity contribution is -0.143. The summed E-state index contributed by atoms with van der Waals surface area (Å²) in [6.07, 6.45) is 1.48. The van der Waals surface area contributed by atoms with Crippen LogP contribution in [0.3, 0.4) is 0 Å². The third-order valence-electron chi connectivity index (χ3n) is 6.36. The van der Waals surface area contributed by atoms with Gasteiger partial charge in [-0.1, -0.05) is 54.1 Å². The molecule has 1 fully saturated rings. The highest BCUT2D eigenvalue weighted by Crippen LogP contribution is 2.43. The van der Waals surface area contributed by atoms with Crippen molar-refractivity contribution >= 4 is 17.6 Å². The number of carboxylic acid groups (broad SMARTS) is 1. The van der Waals surface area contributed by atoms with Gasteiger partial charge in [0, 0.05) is 11.6 Å². The molecule has 0 aliphatic carbocycles. The van der Waals surface area contributed by atoms with E-state index in [4.69, 9.17) is 25.8 Å². The van der Waals surface area contributed by atoms with Crippen molar-refractivity contribution in [2.45, 2.75) is 25.5 Å². The van der Waals surface area contributed by atoms with Crippen LogP contribution in [0.2, 0.25) is 5.02 Å². The van der Waals surface area contributed by atoms with Gasteiger partial charge in [-0.05, 0) is 60.3 Å². The van der Waals surface area contributed by atoms with Crippen LogP contribution >= 0.6 is 11.6 Å². The highest BCUT2D eigenvalue weighted by Gasteiger charge is 2.32. The summed E-state index contributed by atoms with van der Waals surface area (Å²) in [6.45, 7) is 1.60. The zero-order chi connectivity index (χ0) is 24.8. The molecular formula is C28H30ClNO5. The molecule has 0 spiro atoms. The molecule has 0 amide bonds. The summed E-state index contributed by atoms with van der Waals surface area (Å²) in [5.74, 6) is 0.444. The summed E-state index contributed by atoms with van der Waals surface area (Å²) >= 11 is 6.35. The molecular weight excluding hydrogens is 466 g/mol. The van der Waals surface area contributed by atoms with Crippen LogP contribution in [0.5, 0.6) is 17.2 Å². The van der Waals surface area contributed by atoms with Gasteiger partial charge in [0.15, 0.2) is 11.5 Å². The molecule has 3 aromatic rings. The Hall–Kier alpha value is -3.22. The number of hydrogen-bond donors (Lipinski definition) is 1. The van der Waals surface area contributed by atoms with E-state index in [1.165, 1.54) is 0 Å². The zero-order valence-electron chi connectivity index (χ0n) is 19.9. The lowest BCUT2D eigenvalue weighted by Gasteiger charge is -2.38. The molecule has 184 valence electrons. The maximum absolute atomic E-state index is 11.8. The number of rotatable bonds is 9. The highest BCUT2D eigenvalue weighted by molar-refractivity contribution is 6.30. The smallest absolute Gasteiger partial charge is 0.307 e. The molecule has 1 aliphatic rings. The molecule has 4 rings (SSSR count). The average molecular weight is 496 g/mol. The van der Waals surface area contributed by atoms with Crippen molar-refractivity contribution in [1.29, 1.82) is 0 Å². The summed E-state index contributed by atoms with van der Waals surface area (Å²) in [4.78, 5) is 14.0. The summed E-state index contributed by atoms with van der Waals surface area (Å²) in [6, 6.07) is 21.2. The van der Waals surface area contributed by atoms with Crippen LogP contribution in [0.15, 0.2) is 66.7 Å². The molecule has 3 aromatic carbocycles. The fourth-order valence-corrected chi connectivity index (χ4v) is 4.86. The number of likely N-dealkylation sites (tertiary alicyclic amines) is 1. The molecule has 0 bridgehead atoms. The Kier molecular flexibility index (Phi) is 8.16. The number of ether oxygens (including phenoxy) is 3. The van der Waals surface area contributed by atoms with Crippen molar-refractivity contribution in [1.82, 2.24) is 4.90 Å². The summed E-state index contributed by atoms with van der Waals surface area (Å²) in [5, 5.41) is 10.3. The molecule has 7 heteroatoms. The first-order valence-corrected chi connectivity index (χ1v) is 12.0. The molecule has 35 heavy (non-hydrogen) atoms. The Labute approximate surface area is 211 Å². The Morgan fingerprint density at radius 3 is 2.37 bits per heavy atom. The predicted octanol–water partition coefficient (Wildman–Crippen LogP) is 5.82. The predicted molar refractivity (Wildman–Crippen MR) is 136 cm³/mol. The molecule has 2 unspecified atom stereocenters. The van der Waals surface area contributed by atoms with Crippen LogP contribution in [0.1, 0.15) is 35.6 Å². The molecule has 0 aromatic heterocycles. The van der Waals surface area contributed by atoms with Crippen molar-refractivity contribution in [2.75, 3.05) is 27.3 Å². The van der Waals surface area contributed by atoms with Crippen molar-refractivity contribution in [3.63, 3.8) is 0 Å². The van der Waals surface area contributed by atoms with Crippen molar-refractivity contribution in [3.8, 4) is 17.2 Å². The number of carboxylic acids is 1. The van der Waals surface area contributed by atoms with E-state index < -0.39 is 11.9 Å². The Morgan fingerprint density at radius 1 is 1.03 bits per heavy atom. The first-order valence-electron chi connectivity index (χ1n) is 11.6. The van der Waals surface area contributed by atoms with Gasteiger partial charge in [-0.25, -0.2) is 0 Å². The van der Waals surface area contributed by atoms with Crippen molar-refractivity contribution < 1.29 is 24.1 Å². The van der Waals surface area contributed by atoms with Gasteiger partial charge in [-0.2, -0.15) is 0 Å². The first-order chi connectivity index (χ1) is 17.0. The lowest BCUT2D eigenvalue weighted by Crippen LogP contribution is -2.41. The largest absolute Gasteiger partial charge is 0.493 e. The van der Waals surface area contributed by atoms with E-state index in [1.807, 2.05) is 66.7 Å². The van der Waals surface area contributed by atoms with Crippen LogP contribution in [0, 0.1) is 5.92 Å². The van der Waals surface area contributed by atoms with E-state index in [0.717, 1.165) is 29.7 Å². The van der Waals surface area contributed by atoms with Gasteiger partial charge in [0.25, 0.3) is 0 Å². The average Bonchev–Trinajstić information content (AvgIpc) is 2.88. The second-order valence-electron chi connectivity index (χ2n) is 8.66. The molecule has 1 heterocycles. The van der Waals surface area contributed by atoms with E-state index in [1.54, 1.807) is 14.2 Å². The molecule has 0 radical (unpaired) electrons. The van der Waals surface area contributed by atoms with Crippen molar-refractivity contribution in [2.24, 2.45) is 5.92 Å². The second-order valence-corrected chi connectivity index (χ2v) is 9.10. The fraction of sp³-hybridized carbons (Fsp3) is 0.321. The van der Waals surface area contributed by atoms with Gasteiger partial charge in [0.1, 0.15) is 6.61 Å². The minimum atomic E-state index is -0.764. The van der Waals surface area contributed by atoms with Gasteiger partial charge < -0.3 is 19.3 Å². The lowest BCUT2D eigenvalue weighted by atomic mass is 9.91. The fourth-order valence-electron chi connectivity index (χ4n) is 4.66. The first kappa shape index (κ1) is 24.9. The molecule has 1 N–H and O–H groups in total. The van der Waals surface area contributed by atoms with Crippen molar-refractivity contribution in [3.05, 3.63) is 88.4 Å². The van der Waals surface area contributed by atoms with Crippen LogP contribution < -0.4 is 14.2 Å². The molecule has 0 saturated carbocycles. The minimum absolute atomic E-state index is 0.221. The van der Waals surface area contributed by atoms with Gasteiger partial charge >= 0.3 is 5.97 Å². The highest BCUT2D eigenvalue weighted by atomic mass is 35.5. The SMILES string of the molecule is COc1cc(C(c2cccc(Cl)c2)N2CCCC(C(=O)O)C2)cc(OC)c1OCc1ccccc1. The number of benzene rings is 3. The third-order valence-corrected chi connectivity index (χ3v) is 6.59. The zero-order valence-corrected chi connectivity index (χ0v) is 20.7. The number of piperidine rings is 1. The van der Waals surface area contributed by atoms with Gasteiger partial charge in [-0.15, -0.1) is 0 Å². The van der Waals surface area contributed by atoms with E-state index in [2.05, 4.69) is 4.90 Å². The molecule has 2 atom stereocenters. The van der Waals surface area contributed by atoms with Crippen LogP contribution in [0.4, 0.5) is 0 Å². The number of hydrogen-bond acceptors (Lipinski definition) is 5. The van der Waals surface area contributed by atoms with E-state index >= 15 is 0 Å². The third kappa shape index (κ3) is 5.89. The van der Waals surface area contributed by atoms with E-state index in [0.29, 0.717) is 41.8 Å². The standard InChI is InChI=1S/C28H30ClNO5/c1-33-24-15-22(16-25(34-2)27(24)35-18-19-8-4-3-5-9-19)26(20-10-6-12-23(29)14-20)30-13-7-11-21(17-30)28(31)32/h3-6,8-10,12,14-16,21,26H,7,11,13,17-18H2,1-2H3,(H,31,32). The second kappa shape index (κ2) is 11.5. The van der Waals surface area contributed by atoms with E-state index in [-0.39, 0.29) is 6.04 Å². The normalized spacial score (nSPS) is 16.9. The monoisotopic (exact) mass is 495 g/mol. The minimum Gasteiger partial charge on any atom is -0.493 e. The Balaban J connectivity index is 1.74. The maximum atomic E-state index is 11.8. The maximum Gasteiger partial charge on any atom is 0.307 e. The number of nitrogens with zero attached hydrogens (tertiary/aromatic N) is 1.